The van der Waals surface area contributed by atoms with Gasteiger partial charge in [0, 0.05) is 77.4 Å². The molecule has 20 heteroatoms. The second-order valence-corrected chi connectivity index (χ2v) is 10.3. The molecule has 3 N–H and O–H groups in total. The van der Waals surface area contributed by atoms with Crippen LogP contribution in [0, 0.1) is 11.8 Å². The molecule has 0 bridgehead atoms. The Kier molecular flexibility index (Phi) is 16.1. The Labute approximate surface area is 256 Å². The summed E-state index contributed by atoms with van der Waals surface area (Å²) in [7, 11) is 1.89. The van der Waals surface area contributed by atoms with Crippen molar-refractivity contribution in [3.8, 4) is 0 Å². The lowest BCUT2D eigenvalue weighted by atomic mass is 9.87. The molecule has 0 radical (unpaired) electrons. The number of piperidine rings is 1. The molecule has 0 aromatic carbocycles. The van der Waals surface area contributed by atoms with Gasteiger partial charge in [-0.3, -0.25) is 14.8 Å². The zero-order valence-corrected chi connectivity index (χ0v) is 24.3. The van der Waals surface area contributed by atoms with Gasteiger partial charge in [0.05, 0.1) is 6.10 Å². The minimum absolute atomic E-state index is 0.415. The highest BCUT2D eigenvalue weighted by Gasteiger charge is 2.45. The number of ether oxygens (including phenoxy) is 2. The first-order valence-corrected chi connectivity index (χ1v) is 13.5. The van der Waals surface area contributed by atoms with Crippen LogP contribution in [0.25, 0.3) is 0 Å². The molecule has 0 unspecified atom stereocenters. The fraction of sp³-hybridized carbons (Fsp3) is 0.692. The second-order valence-electron chi connectivity index (χ2n) is 10.3. The number of pyridine rings is 1. The molecule has 3 atom stereocenters. The summed E-state index contributed by atoms with van der Waals surface area (Å²) in [6.45, 7) is 7.65. The van der Waals surface area contributed by atoms with Gasteiger partial charge in [0.15, 0.2) is 0 Å². The van der Waals surface area contributed by atoms with Crippen LogP contribution in [0.5, 0.6) is 0 Å². The topological polar surface area (TPSA) is 150 Å². The fourth-order valence-corrected chi connectivity index (χ4v) is 4.97. The Bertz CT molecular complexity index is 1030. The number of methoxy groups -OCH3 is 1. The third kappa shape index (κ3) is 14.9. The van der Waals surface area contributed by atoms with Crippen LogP contribution in [0.2, 0.25) is 0 Å². The lowest BCUT2D eigenvalue weighted by Gasteiger charge is -2.43. The summed E-state index contributed by atoms with van der Waals surface area (Å²) in [6, 6.07) is 4.91. The summed E-state index contributed by atoms with van der Waals surface area (Å²) >= 11 is 0. The van der Waals surface area contributed by atoms with E-state index in [2.05, 4.69) is 26.9 Å². The largest absolute Gasteiger partial charge is 0.490 e. The summed E-state index contributed by atoms with van der Waals surface area (Å²) in [5.74, 6) is -6.82. The fourth-order valence-electron chi connectivity index (χ4n) is 4.97. The Hall–Kier alpha value is -3.23. The standard InChI is InChI=1S/C20H31N3O2.3C2HF3O2/c1-24-20-4-9-23(13-17-5-10-25-11-6-17)19-15-22(14-18(19)20)12-16-2-7-21-8-3-16;3*3-2(4,5)1(6)7/h2-3,7-8,17-20H,4-6,9-15H2,1H3;3*(H,6,7)/t18-,19+,20+;;;/m0.../s1. The highest BCUT2D eigenvalue weighted by Crippen LogP contribution is 2.34. The van der Waals surface area contributed by atoms with Crippen molar-refractivity contribution in [2.75, 3.05) is 46.5 Å². The second kappa shape index (κ2) is 18.2. The van der Waals surface area contributed by atoms with Gasteiger partial charge in [-0.25, -0.2) is 14.4 Å². The number of likely N-dealkylation sites (tertiary alicyclic amines) is 2. The summed E-state index contributed by atoms with van der Waals surface area (Å²) in [5, 5.41) is 21.4. The van der Waals surface area contributed by atoms with Crippen molar-refractivity contribution < 1.29 is 78.7 Å². The smallest absolute Gasteiger partial charge is 0.475 e. The Balaban J connectivity index is 0.000000413. The van der Waals surface area contributed by atoms with Gasteiger partial charge in [0.1, 0.15) is 0 Å². The number of aliphatic carboxylic acids is 3. The number of hydrogen-bond acceptors (Lipinski definition) is 8. The molecule has 0 spiro atoms. The minimum atomic E-state index is -5.08. The normalized spacial score (nSPS) is 22.5. The van der Waals surface area contributed by atoms with Crippen LogP contribution in [-0.2, 0) is 30.4 Å². The predicted octanol–water partition coefficient (Wildman–Crippen LogP) is 3.93. The monoisotopic (exact) mass is 687 g/mol. The van der Waals surface area contributed by atoms with Crippen LogP contribution >= 0.6 is 0 Å². The van der Waals surface area contributed by atoms with Crippen LogP contribution in [0.3, 0.4) is 0 Å². The van der Waals surface area contributed by atoms with Gasteiger partial charge in [-0.2, -0.15) is 39.5 Å². The number of hydrogen-bond donors (Lipinski definition) is 3. The van der Waals surface area contributed by atoms with E-state index in [0.29, 0.717) is 18.1 Å². The number of carbonyl (C=O) groups is 3. The molecule has 3 aliphatic rings. The van der Waals surface area contributed by atoms with Crippen LogP contribution in [0.15, 0.2) is 24.5 Å². The number of rotatable bonds is 5. The molecule has 0 saturated carbocycles. The Morgan fingerprint density at radius 3 is 1.72 bits per heavy atom. The maximum absolute atomic E-state index is 10.6. The summed E-state index contributed by atoms with van der Waals surface area (Å²) in [4.78, 5) is 36.2. The Morgan fingerprint density at radius 2 is 1.30 bits per heavy atom. The molecule has 3 fully saturated rings. The van der Waals surface area contributed by atoms with Crippen molar-refractivity contribution in [3.63, 3.8) is 0 Å². The quantitative estimate of drug-likeness (QED) is 0.387. The van der Waals surface area contributed by atoms with Crippen molar-refractivity contribution in [3.05, 3.63) is 30.1 Å². The van der Waals surface area contributed by atoms with E-state index in [1.54, 1.807) is 0 Å². The van der Waals surface area contributed by atoms with Crippen molar-refractivity contribution in [1.29, 1.82) is 0 Å². The number of fused-ring (bicyclic) bond motifs is 1. The van der Waals surface area contributed by atoms with Gasteiger partial charge >= 0.3 is 36.4 Å². The van der Waals surface area contributed by atoms with E-state index in [1.807, 2.05) is 19.5 Å². The maximum atomic E-state index is 10.6. The van der Waals surface area contributed by atoms with Crippen LogP contribution in [0.1, 0.15) is 24.8 Å². The molecule has 11 nitrogen and oxygen atoms in total. The number of alkyl halides is 9. The Morgan fingerprint density at radius 1 is 0.848 bits per heavy atom. The van der Waals surface area contributed by atoms with Gasteiger partial charge in [-0.05, 0) is 42.9 Å². The lowest BCUT2D eigenvalue weighted by molar-refractivity contribution is -0.193. The predicted molar refractivity (Wildman–Crippen MR) is 138 cm³/mol. The lowest BCUT2D eigenvalue weighted by Crippen LogP contribution is -2.52. The number of carboxylic acid groups (broad SMARTS) is 3. The van der Waals surface area contributed by atoms with E-state index < -0.39 is 36.4 Å². The van der Waals surface area contributed by atoms with E-state index in [-0.39, 0.29) is 0 Å². The number of halogens is 9. The first-order valence-electron chi connectivity index (χ1n) is 13.5. The molecule has 46 heavy (non-hydrogen) atoms. The van der Waals surface area contributed by atoms with Gasteiger partial charge in [0.25, 0.3) is 0 Å². The summed E-state index contributed by atoms with van der Waals surface area (Å²) in [5.41, 5.74) is 1.36. The molecule has 0 aliphatic carbocycles. The van der Waals surface area contributed by atoms with E-state index >= 15 is 0 Å². The van der Waals surface area contributed by atoms with Crippen molar-refractivity contribution in [2.24, 2.45) is 11.8 Å². The maximum Gasteiger partial charge on any atom is 0.490 e. The summed E-state index contributed by atoms with van der Waals surface area (Å²) in [6.07, 6.45) is -7.42. The van der Waals surface area contributed by atoms with Crippen LogP contribution < -0.4 is 0 Å². The molecule has 0 amide bonds. The van der Waals surface area contributed by atoms with Crippen molar-refractivity contribution in [1.82, 2.24) is 14.8 Å². The number of carboxylic acids is 3. The zero-order chi connectivity index (χ0) is 35.3. The van der Waals surface area contributed by atoms with Gasteiger partial charge in [-0.1, -0.05) is 0 Å². The average molecular weight is 688 g/mol. The molecule has 1 aromatic rings. The van der Waals surface area contributed by atoms with Crippen LogP contribution in [-0.4, -0.2) is 125 Å². The van der Waals surface area contributed by atoms with E-state index in [4.69, 9.17) is 39.2 Å². The van der Waals surface area contributed by atoms with Crippen LogP contribution in [0.4, 0.5) is 39.5 Å². The molecule has 3 saturated heterocycles. The molecule has 264 valence electrons. The van der Waals surface area contributed by atoms with Gasteiger partial charge in [-0.15, -0.1) is 0 Å². The highest BCUT2D eigenvalue weighted by molar-refractivity contribution is 5.73. The highest BCUT2D eigenvalue weighted by atomic mass is 19.4. The molecular weight excluding hydrogens is 653 g/mol. The van der Waals surface area contributed by atoms with E-state index in [1.165, 1.54) is 37.9 Å². The molecule has 4 rings (SSSR count). The van der Waals surface area contributed by atoms with Crippen molar-refractivity contribution in [2.45, 2.75) is 56.5 Å². The summed E-state index contributed by atoms with van der Waals surface area (Å²) < 4.78 is 107. The third-order valence-electron chi connectivity index (χ3n) is 7.08. The molecule has 1 aromatic heterocycles. The number of aromatic nitrogens is 1. The molecular formula is C26H34F9N3O8. The SMILES string of the molecule is CO[C@@H]1CCN(CC2CCOCC2)[C@@H]2CN(Cc3ccncc3)C[C@@H]21.O=C(O)C(F)(F)F.O=C(O)C(F)(F)F.O=C(O)C(F)(F)F. The first-order chi connectivity index (χ1) is 21.2. The van der Waals surface area contributed by atoms with Gasteiger partial charge < -0.3 is 24.8 Å². The van der Waals surface area contributed by atoms with Crippen molar-refractivity contribution >= 4 is 17.9 Å². The first kappa shape index (κ1) is 40.8. The molecule has 4 heterocycles. The zero-order valence-electron chi connectivity index (χ0n) is 24.3. The average Bonchev–Trinajstić information content (AvgIpc) is 3.38. The third-order valence-corrected chi connectivity index (χ3v) is 7.08. The van der Waals surface area contributed by atoms with E-state index in [0.717, 1.165) is 38.8 Å². The number of nitrogens with zero attached hydrogens (tertiary/aromatic N) is 3. The molecule has 3 aliphatic heterocycles. The minimum Gasteiger partial charge on any atom is -0.475 e. The van der Waals surface area contributed by atoms with Gasteiger partial charge in [0.2, 0.25) is 0 Å². The van der Waals surface area contributed by atoms with E-state index in [9.17, 15) is 39.5 Å².